The number of hydrogen-bond donors (Lipinski definition) is 0. The van der Waals surface area contributed by atoms with E-state index in [2.05, 4.69) is 38.1 Å². The van der Waals surface area contributed by atoms with Crippen molar-refractivity contribution in [2.75, 3.05) is 27.4 Å². The zero-order valence-corrected chi connectivity index (χ0v) is 19.1. The van der Waals surface area contributed by atoms with Crippen molar-refractivity contribution in [1.29, 1.82) is 0 Å². The van der Waals surface area contributed by atoms with Crippen LogP contribution in [0.2, 0.25) is 0 Å². The topological polar surface area (TPSA) is 52.8 Å². The van der Waals surface area contributed by atoms with Crippen LogP contribution in [0.3, 0.4) is 0 Å². The van der Waals surface area contributed by atoms with Crippen LogP contribution in [0.4, 0.5) is 0 Å². The fourth-order valence-corrected chi connectivity index (χ4v) is 4.29. The number of benzene rings is 2. The summed E-state index contributed by atoms with van der Waals surface area (Å²) in [5.74, 6) is 1.76. The summed E-state index contributed by atoms with van der Waals surface area (Å²) < 4.78 is 29.3. The minimum Gasteiger partial charge on any atom is -0.497 e. The summed E-state index contributed by atoms with van der Waals surface area (Å²) in [6.45, 7) is 5.85. The van der Waals surface area contributed by atoms with Crippen molar-refractivity contribution < 1.29 is 23.7 Å². The average Bonchev–Trinajstić information content (AvgIpc) is 3.69. The maximum absolute atomic E-state index is 6.86. The van der Waals surface area contributed by atoms with E-state index in [1.807, 2.05) is 12.1 Å². The van der Waals surface area contributed by atoms with Gasteiger partial charge in [-0.15, -0.1) is 0 Å². The number of aryl methyl sites for hydroxylation is 2. The van der Waals surface area contributed by atoms with Crippen molar-refractivity contribution in [3.8, 4) is 11.5 Å². The lowest BCUT2D eigenvalue weighted by atomic mass is 9.94. The Morgan fingerprint density at radius 1 is 0.774 bits per heavy atom. The lowest BCUT2D eigenvalue weighted by molar-refractivity contribution is -0.0427. The van der Waals surface area contributed by atoms with Crippen molar-refractivity contribution in [2.45, 2.75) is 63.9 Å². The first-order chi connectivity index (χ1) is 15.2. The van der Waals surface area contributed by atoms with E-state index >= 15 is 0 Å². The number of hydrogen-bond acceptors (Lipinski definition) is 5. The van der Waals surface area contributed by atoms with Gasteiger partial charge in [-0.1, -0.05) is 38.8 Å². The molecule has 0 aromatic heterocycles. The van der Waals surface area contributed by atoms with E-state index in [0.717, 1.165) is 50.4 Å². The number of rotatable bonds is 12. The Balaban J connectivity index is 1.67. The highest BCUT2D eigenvalue weighted by Gasteiger charge is 2.43. The van der Waals surface area contributed by atoms with Crippen LogP contribution < -0.4 is 9.47 Å². The third-order valence-electron chi connectivity index (χ3n) is 6.04. The highest BCUT2D eigenvalue weighted by Crippen LogP contribution is 2.43. The second kappa shape index (κ2) is 10.0. The fraction of sp³-hybridized carbons (Fsp3) is 0.538. The van der Waals surface area contributed by atoms with Crippen LogP contribution >= 0.6 is 0 Å². The zero-order valence-electron chi connectivity index (χ0n) is 19.1. The molecular formula is C26H34O5. The zero-order chi connectivity index (χ0) is 21.8. The minimum atomic E-state index is -0.127. The lowest BCUT2D eigenvalue weighted by Crippen LogP contribution is -2.21. The molecule has 2 saturated heterocycles. The predicted molar refractivity (Wildman–Crippen MR) is 120 cm³/mol. The van der Waals surface area contributed by atoms with E-state index in [-0.39, 0.29) is 24.4 Å². The molecule has 0 radical (unpaired) electrons. The largest absolute Gasteiger partial charge is 0.497 e. The minimum absolute atomic E-state index is 0.0816. The molecule has 2 aromatic rings. The smallest absolute Gasteiger partial charge is 0.119 e. The summed E-state index contributed by atoms with van der Waals surface area (Å²) in [7, 11) is 3.42. The van der Waals surface area contributed by atoms with Crippen LogP contribution in [0.25, 0.3) is 0 Å². The van der Waals surface area contributed by atoms with Crippen molar-refractivity contribution in [1.82, 2.24) is 0 Å². The number of methoxy groups -OCH3 is 2. The normalized spacial score (nSPS) is 21.4. The van der Waals surface area contributed by atoms with E-state index in [9.17, 15) is 0 Å². The molecule has 31 heavy (non-hydrogen) atoms. The summed E-state index contributed by atoms with van der Waals surface area (Å²) in [6, 6.07) is 12.6. The summed E-state index contributed by atoms with van der Waals surface area (Å²) in [5.41, 5.74) is 4.92. The van der Waals surface area contributed by atoms with Gasteiger partial charge in [-0.2, -0.15) is 0 Å². The Bertz CT molecular complexity index is 801. The molecule has 2 aromatic carbocycles. The molecule has 4 rings (SSSR count). The van der Waals surface area contributed by atoms with Gasteiger partial charge in [0.05, 0.1) is 27.4 Å². The van der Waals surface area contributed by atoms with Crippen molar-refractivity contribution >= 4 is 0 Å². The van der Waals surface area contributed by atoms with Crippen LogP contribution in [0, 0.1) is 0 Å². The summed E-state index contributed by atoms with van der Waals surface area (Å²) in [6.07, 6.45) is 3.99. The van der Waals surface area contributed by atoms with Crippen LogP contribution in [0.15, 0.2) is 36.4 Å². The molecule has 0 spiro atoms. The predicted octanol–water partition coefficient (Wildman–Crippen LogP) is 5.21. The van der Waals surface area contributed by atoms with Crippen LogP contribution in [0.5, 0.6) is 11.5 Å². The third kappa shape index (κ3) is 5.22. The van der Waals surface area contributed by atoms with Crippen LogP contribution in [-0.2, 0) is 27.1 Å². The molecule has 2 fully saturated rings. The number of epoxide rings is 2. The van der Waals surface area contributed by atoms with E-state index < -0.39 is 0 Å². The highest BCUT2D eigenvalue weighted by molar-refractivity contribution is 5.40. The molecule has 2 heterocycles. The lowest BCUT2D eigenvalue weighted by Gasteiger charge is -2.27. The molecule has 4 atom stereocenters. The Kier molecular flexibility index (Phi) is 7.16. The second-order valence-electron chi connectivity index (χ2n) is 8.35. The van der Waals surface area contributed by atoms with Gasteiger partial charge in [0.1, 0.15) is 35.9 Å². The van der Waals surface area contributed by atoms with E-state index in [1.165, 1.54) is 22.3 Å². The summed E-state index contributed by atoms with van der Waals surface area (Å²) in [5, 5.41) is 0. The van der Waals surface area contributed by atoms with E-state index in [4.69, 9.17) is 23.7 Å². The monoisotopic (exact) mass is 426 g/mol. The maximum atomic E-state index is 6.86. The standard InChI is InChI=1S/C26H34O5/c1-5-7-17-13-19(27-3)9-11-21(17)25(23-15-29-23)31-26(24-16-30-24)22-12-10-20(28-4)14-18(22)8-6-2/h9-14,23-26H,5-8,15-16H2,1-4H3. The van der Waals surface area contributed by atoms with Crippen LogP contribution in [0.1, 0.15) is 61.2 Å². The van der Waals surface area contributed by atoms with Gasteiger partial charge in [0.15, 0.2) is 0 Å². The van der Waals surface area contributed by atoms with Gasteiger partial charge >= 0.3 is 0 Å². The highest BCUT2D eigenvalue weighted by atomic mass is 16.6. The molecule has 168 valence electrons. The first kappa shape index (κ1) is 22.1. The van der Waals surface area contributed by atoms with Crippen molar-refractivity contribution in [2.24, 2.45) is 0 Å². The first-order valence-electron chi connectivity index (χ1n) is 11.4. The third-order valence-corrected chi connectivity index (χ3v) is 6.04. The average molecular weight is 427 g/mol. The van der Waals surface area contributed by atoms with E-state index in [1.54, 1.807) is 14.2 Å². The van der Waals surface area contributed by atoms with Crippen LogP contribution in [-0.4, -0.2) is 39.6 Å². The molecule has 2 aliphatic rings. The molecular weight excluding hydrogens is 392 g/mol. The number of ether oxygens (including phenoxy) is 5. The molecule has 5 heteroatoms. The van der Waals surface area contributed by atoms with Gasteiger partial charge in [0, 0.05) is 0 Å². The first-order valence-corrected chi connectivity index (χ1v) is 11.4. The van der Waals surface area contributed by atoms with Crippen molar-refractivity contribution in [3.63, 3.8) is 0 Å². The Morgan fingerprint density at radius 3 is 1.52 bits per heavy atom. The Labute approximate surface area is 185 Å². The summed E-state index contributed by atoms with van der Waals surface area (Å²) >= 11 is 0. The Hall–Kier alpha value is -2.08. The van der Waals surface area contributed by atoms with Gasteiger partial charge in [-0.3, -0.25) is 0 Å². The Morgan fingerprint density at radius 2 is 1.19 bits per heavy atom. The molecule has 0 amide bonds. The fourth-order valence-electron chi connectivity index (χ4n) is 4.29. The molecule has 0 saturated carbocycles. The SMILES string of the molecule is CCCc1cc(OC)ccc1C(OC(c1ccc(OC)cc1CCC)C1CO1)C1CO1. The van der Waals surface area contributed by atoms with Gasteiger partial charge in [0.25, 0.3) is 0 Å². The molecule has 4 unspecified atom stereocenters. The van der Waals surface area contributed by atoms with Gasteiger partial charge < -0.3 is 23.7 Å². The maximum Gasteiger partial charge on any atom is 0.119 e. The molecule has 0 N–H and O–H groups in total. The molecule has 0 aliphatic carbocycles. The van der Waals surface area contributed by atoms with Crippen molar-refractivity contribution in [3.05, 3.63) is 58.7 Å². The van der Waals surface area contributed by atoms with Gasteiger partial charge in [-0.05, 0) is 59.4 Å². The van der Waals surface area contributed by atoms with Gasteiger partial charge in [0.2, 0.25) is 0 Å². The molecule has 2 aliphatic heterocycles. The van der Waals surface area contributed by atoms with Gasteiger partial charge in [-0.25, -0.2) is 0 Å². The molecule has 0 bridgehead atoms. The second-order valence-corrected chi connectivity index (χ2v) is 8.35. The van der Waals surface area contributed by atoms with E-state index in [0.29, 0.717) is 0 Å². The molecule has 5 nitrogen and oxygen atoms in total. The quantitative estimate of drug-likeness (QED) is 0.436. The summed E-state index contributed by atoms with van der Waals surface area (Å²) in [4.78, 5) is 0.